The minimum atomic E-state index is -3.72. The highest BCUT2D eigenvalue weighted by atomic mass is 35.5. The van der Waals surface area contributed by atoms with Crippen LogP contribution in [0.4, 0.5) is 5.69 Å². The Morgan fingerprint density at radius 1 is 1.05 bits per heavy atom. The van der Waals surface area contributed by atoms with E-state index >= 15 is 0 Å². The molecule has 0 fully saturated rings. The monoisotopic (exact) mass is 325 g/mol. The van der Waals surface area contributed by atoms with Crippen molar-refractivity contribution in [2.45, 2.75) is 4.90 Å². The number of halogens is 1. The van der Waals surface area contributed by atoms with E-state index in [1.807, 2.05) is 0 Å². The maximum Gasteiger partial charge on any atom is 0.337 e. The third-order valence-electron chi connectivity index (χ3n) is 2.68. The number of hydrogen-bond donors (Lipinski definition) is 1. The van der Waals surface area contributed by atoms with Crippen molar-refractivity contribution < 1.29 is 17.9 Å². The van der Waals surface area contributed by atoms with Gasteiger partial charge in [-0.2, -0.15) is 0 Å². The standard InChI is InChI=1S/C14H12ClNO4S/c1-20-14(17)10-2-8-13(9-3-10)21(18,19)16-12-6-4-11(15)5-7-12/h2-9,16H,1H3. The number of esters is 1. The Labute approximate surface area is 127 Å². The van der Waals surface area contributed by atoms with Gasteiger partial charge in [-0.05, 0) is 48.5 Å². The van der Waals surface area contributed by atoms with Gasteiger partial charge in [-0.15, -0.1) is 0 Å². The molecule has 0 saturated heterocycles. The van der Waals surface area contributed by atoms with Gasteiger partial charge in [0.05, 0.1) is 17.6 Å². The van der Waals surface area contributed by atoms with Crippen LogP contribution in [0.25, 0.3) is 0 Å². The van der Waals surface area contributed by atoms with Crippen LogP contribution in [-0.4, -0.2) is 21.5 Å². The van der Waals surface area contributed by atoms with E-state index in [9.17, 15) is 13.2 Å². The van der Waals surface area contributed by atoms with Crippen molar-refractivity contribution in [1.82, 2.24) is 0 Å². The average molecular weight is 326 g/mol. The molecule has 0 aliphatic heterocycles. The summed E-state index contributed by atoms with van der Waals surface area (Å²) < 4.78 is 31.3. The van der Waals surface area contributed by atoms with Gasteiger partial charge in [0.1, 0.15) is 0 Å². The van der Waals surface area contributed by atoms with Gasteiger partial charge in [0, 0.05) is 10.7 Å². The molecule has 2 aromatic carbocycles. The molecule has 2 rings (SSSR count). The van der Waals surface area contributed by atoms with Gasteiger partial charge in [-0.1, -0.05) is 11.6 Å². The molecule has 0 amide bonds. The predicted octanol–water partition coefficient (Wildman–Crippen LogP) is 2.93. The van der Waals surface area contributed by atoms with Gasteiger partial charge < -0.3 is 4.74 Å². The van der Waals surface area contributed by atoms with E-state index in [1.165, 1.54) is 31.4 Å². The van der Waals surface area contributed by atoms with Gasteiger partial charge >= 0.3 is 5.97 Å². The number of anilines is 1. The Morgan fingerprint density at radius 3 is 2.14 bits per heavy atom. The van der Waals surface area contributed by atoms with Crippen molar-refractivity contribution in [3.63, 3.8) is 0 Å². The molecular formula is C14H12ClNO4S. The minimum absolute atomic E-state index is 0.0464. The third kappa shape index (κ3) is 3.74. The molecule has 0 aliphatic carbocycles. The molecule has 7 heteroatoms. The minimum Gasteiger partial charge on any atom is -0.465 e. The largest absolute Gasteiger partial charge is 0.465 e. The summed E-state index contributed by atoms with van der Waals surface area (Å²) in [7, 11) is -2.46. The topological polar surface area (TPSA) is 72.5 Å². The van der Waals surface area contributed by atoms with Gasteiger partial charge in [-0.25, -0.2) is 13.2 Å². The average Bonchev–Trinajstić information content (AvgIpc) is 2.49. The van der Waals surface area contributed by atoms with Gasteiger partial charge in [0.25, 0.3) is 10.0 Å². The Hall–Kier alpha value is -2.05. The lowest BCUT2D eigenvalue weighted by molar-refractivity contribution is 0.0600. The fourth-order valence-corrected chi connectivity index (χ4v) is 2.80. The predicted molar refractivity (Wildman–Crippen MR) is 80.0 cm³/mol. The molecule has 110 valence electrons. The van der Waals surface area contributed by atoms with E-state index in [-0.39, 0.29) is 10.5 Å². The number of nitrogens with one attached hydrogen (secondary N) is 1. The van der Waals surface area contributed by atoms with Gasteiger partial charge in [0.15, 0.2) is 0 Å². The molecule has 0 bridgehead atoms. The molecule has 0 saturated carbocycles. The number of rotatable bonds is 4. The molecule has 0 atom stereocenters. The van der Waals surface area contributed by atoms with E-state index in [1.54, 1.807) is 24.3 Å². The smallest absolute Gasteiger partial charge is 0.337 e. The summed E-state index contributed by atoms with van der Waals surface area (Å²) in [4.78, 5) is 11.3. The zero-order valence-electron chi connectivity index (χ0n) is 11.0. The summed E-state index contributed by atoms with van der Waals surface area (Å²) >= 11 is 5.74. The quantitative estimate of drug-likeness (QED) is 0.877. The lowest BCUT2D eigenvalue weighted by Crippen LogP contribution is -2.13. The Kier molecular flexibility index (Phi) is 4.50. The zero-order valence-corrected chi connectivity index (χ0v) is 12.6. The van der Waals surface area contributed by atoms with Crippen LogP contribution in [-0.2, 0) is 14.8 Å². The number of hydrogen-bond acceptors (Lipinski definition) is 4. The molecule has 5 nitrogen and oxygen atoms in total. The summed E-state index contributed by atoms with van der Waals surface area (Å²) in [6, 6.07) is 11.7. The fraction of sp³-hybridized carbons (Fsp3) is 0.0714. The van der Waals surface area contributed by atoms with Crippen molar-refractivity contribution in [2.75, 3.05) is 11.8 Å². The van der Waals surface area contributed by atoms with Crippen LogP contribution in [0, 0.1) is 0 Å². The van der Waals surface area contributed by atoms with Gasteiger partial charge in [-0.3, -0.25) is 4.72 Å². The molecule has 0 spiro atoms. The second-order valence-corrected chi connectivity index (χ2v) is 6.25. The van der Waals surface area contributed by atoms with Crippen molar-refractivity contribution in [3.05, 3.63) is 59.1 Å². The molecule has 0 unspecified atom stereocenters. The highest BCUT2D eigenvalue weighted by molar-refractivity contribution is 7.92. The van der Waals surface area contributed by atoms with Crippen molar-refractivity contribution in [2.24, 2.45) is 0 Å². The first-order chi connectivity index (χ1) is 9.92. The maximum absolute atomic E-state index is 12.2. The second kappa shape index (κ2) is 6.15. The van der Waals surface area contributed by atoms with E-state index in [0.717, 1.165) is 0 Å². The Morgan fingerprint density at radius 2 is 1.62 bits per heavy atom. The molecule has 0 aliphatic rings. The van der Waals surface area contributed by atoms with Crippen LogP contribution in [0.15, 0.2) is 53.4 Å². The Bertz CT molecular complexity index is 740. The van der Waals surface area contributed by atoms with E-state index in [4.69, 9.17) is 11.6 Å². The lowest BCUT2D eigenvalue weighted by atomic mass is 10.2. The highest BCUT2D eigenvalue weighted by Crippen LogP contribution is 2.18. The third-order valence-corrected chi connectivity index (χ3v) is 4.33. The van der Waals surface area contributed by atoms with Crippen LogP contribution in [0.3, 0.4) is 0 Å². The number of carbonyl (C=O) groups excluding carboxylic acids is 1. The van der Waals surface area contributed by atoms with E-state index in [2.05, 4.69) is 9.46 Å². The van der Waals surface area contributed by atoms with Crippen molar-refractivity contribution >= 4 is 33.3 Å². The molecular weight excluding hydrogens is 314 g/mol. The first-order valence-electron chi connectivity index (χ1n) is 5.89. The van der Waals surface area contributed by atoms with Crippen LogP contribution in [0.5, 0.6) is 0 Å². The zero-order chi connectivity index (χ0) is 15.5. The SMILES string of the molecule is COC(=O)c1ccc(S(=O)(=O)Nc2ccc(Cl)cc2)cc1. The maximum atomic E-state index is 12.2. The van der Waals surface area contributed by atoms with Crippen LogP contribution < -0.4 is 4.72 Å². The van der Waals surface area contributed by atoms with Crippen molar-refractivity contribution in [1.29, 1.82) is 0 Å². The summed E-state index contributed by atoms with van der Waals surface area (Å²) in [5.74, 6) is -0.524. The molecule has 0 radical (unpaired) electrons. The van der Waals surface area contributed by atoms with E-state index < -0.39 is 16.0 Å². The lowest BCUT2D eigenvalue weighted by Gasteiger charge is -2.08. The van der Waals surface area contributed by atoms with E-state index in [0.29, 0.717) is 10.7 Å². The van der Waals surface area contributed by atoms with Crippen molar-refractivity contribution in [3.8, 4) is 0 Å². The number of sulfonamides is 1. The summed E-state index contributed by atoms with van der Waals surface area (Å²) in [5.41, 5.74) is 0.680. The number of benzene rings is 2. The first-order valence-corrected chi connectivity index (χ1v) is 7.75. The molecule has 21 heavy (non-hydrogen) atoms. The fourth-order valence-electron chi connectivity index (χ4n) is 1.62. The number of ether oxygens (including phenoxy) is 1. The molecule has 0 heterocycles. The van der Waals surface area contributed by atoms with Crippen LogP contribution in [0.2, 0.25) is 5.02 Å². The number of methoxy groups -OCH3 is 1. The summed E-state index contributed by atoms with van der Waals surface area (Å²) in [6.45, 7) is 0. The van der Waals surface area contributed by atoms with Gasteiger partial charge in [0.2, 0.25) is 0 Å². The number of carbonyl (C=O) groups is 1. The normalized spacial score (nSPS) is 11.0. The molecule has 2 aromatic rings. The summed E-state index contributed by atoms with van der Waals surface area (Å²) in [5, 5.41) is 0.514. The molecule has 1 N–H and O–H groups in total. The summed E-state index contributed by atoms with van der Waals surface area (Å²) in [6.07, 6.45) is 0. The highest BCUT2D eigenvalue weighted by Gasteiger charge is 2.15. The Balaban J connectivity index is 2.23. The van der Waals surface area contributed by atoms with Crippen LogP contribution >= 0.6 is 11.6 Å². The van der Waals surface area contributed by atoms with Crippen LogP contribution in [0.1, 0.15) is 10.4 Å². The second-order valence-electron chi connectivity index (χ2n) is 4.13. The molecule has 0 aromatic heterocycles. The first kappa shape index (κ1) is 15.3.